The van der Waals surface area contributed by atoms with Gasteiger partial charge in [0, 0.05) is 24.5 Å². The largest absolute Gasteiger partial charge is 0.497 e. The Bertz CT molecular complexity index is 1080. The summed E-state index contributed by atoms with van der Waals surface area (Å²) in [4.78, 5) is 28.8. The van der Waals surface area contributed by atoms with Crippen molar-refractivity contribution in [1.82, 2.24) is 10.2 Å². The Labute approximate surface area is 213 Å². The first kappa shape index (κ1) is 26.3. The van der Waals surface area contributed by atoms with Crippen LogP contribution in [0, 0.1) is 5.92 Å². The number of nitrogens with one attached hydrogen (secondary N) is 1. The number of amides is 2. The summed E-state index contributed by atoms with van der Waals surface area (Å²) in [5.74, 6) is 0.767. The molecule has 35 heavy (non-hydrogen) atoms. The zero-order chi connectivity index (χ0) is 25.2. The Balaban J connectivity index is 1.94. The van der Waals surface area contributed by atoms with Crippen LogP contribution in [0.2, 0.25) is 5.02 Å². The van der Waals surface area contributed by atoms with Gasteiger partial charge in [0.15, 0.2) is 0 Å². The van der Waals surface area contributed by atoms with Crippen LogP contribution in [-0.2, 0) is 29.0 Å². The number of carbonyl (C=O) groups excluding carboxylic acids is 2. The molecule has 184 valence electrons. The minimum absolute atomic E-state index is 0.122. The fourth-order valence-corrected chi connectivity index (χ4v) is 3.91. The normalized spacial score (nSPS) is 11.7. The maximum atomic E-state index is 13.7. The Kier molecular flexibility index (Phi) is 9.74. The van der Waals surface area contributed by atoms with E-state index >= 15 is 0 Å². The molecule has 2 amide bonds. The minimum atomic E-state index is -0.655. The molecular weight excluding hydrogens is 460 g/mol. The average molecular weight is 493 g/mol. The van der Waals surface area contributed by atoms with Crippen LogP contribution < -0.4 is 10.1 Å². The molecule has 1 atom stereocenters. The van der Waals surface area contributed by atoms with Crippen molar-refractivity contribution >= 4 is 23.4 Å². The summed E-state index contributed by atoms with van der Waals surface area (Å²) in [6.07, 6.45) is 0.601. The average Bonchev–Trinajstić information content (AvgIpc) is 2.87. The van der Waals surface area contributed by atoms with Gasteiger partial charge in [-0.2, -0.15) is 0 Å². The third kappa shape index (κ3) is 8.15. The molecule has 5 nitrogen and oxygen atoms in total. The van der Waals surface area contributed by atoms with Crippen LogP contribution in [-0.4, -0.2) is 36.4 Å². The van der Waals surface area contributed by atoms with E-state index < -0.39 is 6.04 Å². The number of hydrogen-bond acceptors (Lipinski definition) is 3. The van der Waals surface area contributed by atoms with Gasteiger partial charge < -0.3 is 15.0 Å². The zero-order valence-corrected chi connectivity index (χ0v) is 21.3. The Hall–Kier alpha value is -3.31. The van der Waals surface area contributed by atoms with E-state index in [4.69, 9.17) is 16.3 Å². The van der Waals surface area contributed by atoms with Crippen LogP contribution in [0.5, 0.6) is 5.75 Å². The van der Waals surface area contributed by atoms with Crippen LogP contribution >= 0.6 is 11.6 Å². The summed E-state index contributed by atoms with van der Waals surface area (Å²) >= 11 is 6.03. The van der Waals surface area contributed by atoms with E-state index in [2.05, 4.69) is 5.32 Å². The van der Waals surface area contributed by atoms with Crippen molar-refractivity contribution < 1.29 is 14.3 Å². The van der Waals surface area contributed by atoms with Crippen molar-refractivity contribution in [3.05, 3.63) is 101 Å². The summed E-state index contributed by atoms with van der Waals surface area (Å²) in [7, 11) is 1.62. The molecule has 0 aliphatic heterocycles. The number of methoxy groups -OCH3 is 1. The third-order valence-corrected chi connectivity index (χ3v) is 5.99. The quantitative estimate of drug-likeness (QED) is 0.395. The molecule has 0 spiro atoms. The topological polar surface area (TPSA) is 58.6 Å². The molecule has 0 fully saturated rings. The standard InChI is InChI=1S/C29H33ClN2O3/c1-21(2)19-31-29(34)27(17-22-7-5-4-6-8-22)32(20-24-11-15-26(35-3)16-12-24)28(33)18-23-9-13-25(30)14-10-23/h4-16,21,27H,17-20H2,1-3H3,(H,31,34)/t27-/m1/s1. The molecule has 0 bridgehead atoms. The predicted molar refractivity (Wildman–Crippen MR) is 140 cm³/mol. The lowest BCUT2D eigenvalue weighted by Crippen LogP contribution is -2.51. The zero-order valence-electron chi connectivity index (χ0n) is 20.5. The highest BCUT2D eigenvalue weighted by Crippen LogP contribution is 2.19. The number of ether oxygens (including phenoxy) is 1. The second-order valence-corrected chi connectivity index (χ2v) is 9.45. The molecule has 0 unspecified atom stereocenters. The van der Waals surface area contributed by atoms with Gasteiger partial charge in [-0.1, -0.05) is 80.0 Å². The monoisotopic (exact) mass is 492 g/mol. The van der Waals surface area contributed by atoms with E-state index in [1.807, 2.05) is 80.6 Å². The van der Waals surface area contributed by atoms with Gasteiger partial charge in [0.2, 0.25) is 11.8 Å². The Morgan fingerprint density at radius 2 is 1.51 bits per heavy atom. The van der Waals surface area contributed by atoms with E-state index in [0.29, 0.717) is 30.5 Å². The summed E-state index contributed by atoms with van der Waals surface area (Å²) in [5, 5.41) is 3.66. The van der Waals surface area contributed by atoms with Crippen LogP contribution in [0.3, 0.4) is 0 Å². The predicted octanol–water partition coefficient (Wildman–Crippen LogP) is 5.30. The molecule has 0 aliphatic rings. The van der Waals surface area contributed by atoms with Crippen molar-refractivity contribution in [2.75, 3.05) is 13.7 Å². The van der Waals surface area contributed by atoms with Crippen LogP contribution in [0.15, 0.2) is 78.9 Å². The van der Waals surface area contributed by atoms with Gasteiger partial charge in [0.05, 0.1) is 13.5 Å². The van der Waals surface area contributed by atoms with Crippen molar-refractivity contribution in [2.24, 2.45) is 5.92 Å². The highest BCUT2D eigenvalue weighted by atomic mass is 35.5. The van der Waals surface area contributed by atoms with Crippen LogP contribution in [0.4, 0.5) is 0 Å². The summed E-state index contributed by atoms with van der Waals surface area (Å²) < 4.78 is 5.27. The second kappa shape index (κ2) is 13.0. The molecule has 6 heteroatoms. The van der Waals surface area contributed by atoms with Gasteiger partial charge in [-0.15, -0.1) is 0 Å². The number of hydrogen-bond donors (Lipinski definition) is 1. The van der Waals surface area contributed by atoms with Crippen molar-refractivity contribution in [2.45, 2.75) is 39.3 Å². The second-order valence-electron chi connectivity index (χ2n) is 9.02. The molecule has 0 saturated heterocycles. The third-order valence-electron chi connectivity index (χ3n) is 5.74. The molecule has 3 rings (SSSR count). The van der Waals surface area contributed by atoms with Crippen molar-refractivity contribution in [3.63, 3.8) is 0 Å². The van der Waals surface area contributed by atoms with E-state index in [-0.39, 0.29) is 18.2 Å². The van der Waals surface area contributed by atoms with Gasteiger partial charge in [0.1, 0.15) is 11.8 Å². The minimum Gasteiger partial charge on any atom is -0.497 e. The van der Waals surface area contributed by atoms with Crippen molar-refractivity contribution in [3.8, 4) is 5.75 Å². The molecule has 0 aliphatic carbocycles. The number of rotatable bonds is 11. The van der Waals surface area contributed by atoms with Gasteiger partial charge >= 0.3 is 0 Å². The Morgan fingerprint density at radius 3 is 2.11 bits per heavy atom. The molecule has 1 N–H and O–H groups in total. The van der Waals surface area contributed by atoms with Gasteiger partial charge in [0.25, 0.3) is 0 Å². The lowest BCUT2D eigenvalue weighted by Gasteiger charge is -2.32. The number of benzene rings is 3. The van der Waals surface area contributed by atoms with Crippen LogP contribution in [0.1, 0.15) is 30.5 Å². The van der Waals surface area contributed by atoms with Gasteiger partial charge in [-0.05, 0) is 46.9 Å². The summed E-state index contributed by atoms with van der Waals surface area (Å²) in [6.45, 7) is 4.95. The molecule has 0 heterocycles. The lowest BCUT2D eigenvalue weighted by molar-refractivity contribution is -0.140. The molecular formula is C29H33ClN2O3. The lowest BCUT2D eigenvalue weighted by atomic mass is 10.0. The number of carbonyl (C=O) groups is 2. The first-order valence-electron chi connectivity index (χ1n) is 11.8. The fraction of sp³-hybridized carbons (Fsp3) is 0.310. The van der Waals surface area contributed by atoms with E-state index in [0.717, 1.165) is 22.4 Å². The van der Waals surface area contributed by atoms with Crippen LogP contribution in [0.25, 0.3) is 0 Å². The number of halogens is 1. The highest BCUT2D eigenvalue weighted by Gasteiger charge is 2.30. The van der Waals surface area contributed by atoms with E-state index in [9.17, 15) is 9.59 Å². The Morgan fingerprint density at radius 1 is 0.886 bits per heavy atom. The molecule has 0 saturated carbocycles. The number of nitrogens with zero attached hydrogens (tertiary/aromatic N) is 1. The first-order valence-corrected chi connectivity index (χ1v) is 12.2. The van der Waals surface area contributed by atoms with E-state index in [1.54, 1.807) is 24.1 Å². The molecule has 3 aromatic carbocycles. The summed E-state index contributed by atoms with van der Waals surface area (Å²) in [6, 6.07) is 24.0. The smallest absolute Gasteiger partial charge is 0.243 e. The maximum absolute atomic E-state index is 13.7. The van der Waals surface area contributed by atoms with Gasteiger partial charge in [-0.25, -0.2) is 0 Å². The van der Waals surface area contributed by atoms with E-state index in [1.165, 1.54) is 0 Å². The van der Waals surface area contributed by atoms with Gasteiger partial charge in [-0.3, -0.25) is 9.59 Å². The molecule has 0 aromatic heterocycles. The molecule has 0 radical (unpaired) electrons. The van der Waals surface area contributed by atoms with Crippen molar-refractivity contribution in [1.29, 1.82) is 0 Å². The fourth-order valence-electron chi connectivity index (χ4n) is 3.78. The summed E-state index contributed by atoms with van der Waals surface area (Å²) in [5.41, 5.74) is 2.77. The SMILES string of the molecule is COc1ccc(CN(C(=O)Cc2ccc(Cl)cc2)[C@H](Cc2ccccc2)C(=O)NCC(C)C)cc1. The first-order chi connectivity index (χ1) is 16.9. The molecule has 3 aromatic rings. The highest BCUT2D eigenvalue weighted by molar-refractivity contribution is 6.30. The maximum Gasteiger partial charge on any atom is 0.243 e.